The van der Waals surface area contributed by atoms with Crippen LogP contribution in [0.5, 0.6) is 0 Å². The van der Waals surface area contributed by atoms with Crippen LogP contribution in [0.4, 0.5) is 0 Å². The van der Waals surface area contributed by atoms with Gasteiger partial charge < -0.3 is 43.4 Å². The first-order chi connectivity index (χ1) is 19.5. The molecule has 13 heteroatoms. The standard InChI is InChI=1S/C28H54N6O7/c29-21(28(40)41)15-13-14-18-32-26(38)23(31)20-34-27(39)22(30)19-33-24(35)16-11-9-7-5-3-1-2-4-6-8-10-12-17-25(36)37/h21-23H,1-20,29-31H2,(H,32,38)(H,33,35)(H,34,39)(H,36,37)(H,40,41)/t21?,22?,23-/m0/s1. The number of amides is 3. The fourth-order valence-electron chi connectivity index (χ4n) is 4.12. The second-order valence-corrected chi connectivity index (χ2v) is 10.6. The summed E-state index contributed by atoms with van der Waals surface area (Å²) in [5, 5.41) is 25.1. The Labute approximate surface area is 244 Å². The quantitative estimate of drug-likeness (QED) is 0.0638. The summed E-state index contributed by atoms with van der Waals surface area (Å²) < 4.78 is 0. The van der Waals surface area contributed by atoms with Crippen molar-refractivity contribution in [3.05, 3.63) is 0 Å². The van der Waals surface area contributed by atoms with Gasteiger partial charge in [0.1, 0.15) is 18.1 Å². The van der Waals surface area contributed by atoms with E-state index in [0.29, 0.717) is 32.2 Å². The van der Waals surface area contributed by atoms with E-state index in [1.807, 2.05) is 0 Å². The van der Waals surface area contributed by atoms with Crippen molar-refractivity contribution in [3.8, 4) is 0 Å². The number of carboxylic acids is 2. The summed E-state index contributed by atoms with van der Waals surface area (Å²) in [5.41, 5.74) is 17.0. The summed E-state index contributed by atoms with van der Waals surface area (Å²) in [6, 6.07) is -2.85. The molecule has 0 aromatic heterocycles. The number of aliphatic carboxylic acids is 2. The van der Waals surface area contributed by atoms with E-state index in [2.05, 4.69) is 16.0 Å². The number of hydrogen-bond donors (Lipinski definition) is 8. The normalized spacial score (nSPS) is 13.1. The molecule has 0 bridgehead atoms. The molecular formula is C28H54N6O7. The minimum absolute atomic E-state index is 0.00978. The van der Waals surface area contributed by atoms with Crippen LogP contribution in [0, 0.1) is 0 Å². The van der Waals surface area contributed by atoms with Crippen molar-refractivity contribution in [2.45, 2.75) is 127 Å². The van der Waals surface area contributed by atoms with Crippen LogP contribution in [-0.4, -0.2) is 77.6 Å². The molecule has 2 unspecified atom stereocenters. The summed E-state index contributed by atoms with van der Waals surface area (Å²) in [4.78, 5) is 57.3. The molecule has 41 heavy (non-hydrogen) atoms. The minimum atomic E-state index is -1.06. The highest BCUT2D eigenvalue weighted by molar-refractivity contribution is 5.85. The Hall–Kier alpha value is -2.77. The van der Waals surface area contributed by atoms with Crippen molar-refractivity contribution < 1.29 is 34.2 Å². The molecule has 13 nitrogen and oxygen atoms in total. The Morgan fingerprint density at radius 1 is 0.512 bits per heavy atom. The second kappa shape index (κ2) is 25.0. The number of carbonyl (C=O) groups excluding carboxylic acids is 3. The van der Waals surface area contributed by atoms with Gasteiger partial charge in [0.15, 0.2) is 0 Å². The van der Waals surface area contributed by atoms with Gasteiger partial charge in [-0.15, -0.1) is 0 Å². The van der Waals surface area contributed by atoms with Gasteiger partial charge in [-0.1, -0.05) is 64.2 Å². The lowest BCUT2D eigenvalue weighted by molar-refractivity contribution is -0.139. The first-order valence-electron chi connectivity index (χ1n) is 15.1. The van der Waals surface area contributed by atoms with Gasteiger partial charge in [0.05, 0.1) is 0 Å². The van der Waals surface area contributed by atoms with Crippen LogP contribution < -0.4 is 33.2 Å². The van der Waals surface area contributed by atoms with Crippen LogP contribution >= 0.6 is 0 Å². The van der Waals surface area contributed by atoms with Crippen LogP contribution in [0.15, 0.2) is 0 Å². The zero-order chi connectivity index (χ0) is 30.9. The van der Waals surface area contributed by atoms with E-state index < -0.39 is 41.9 Å². The number of carboxylic acid groups (broad SMARTS) is 2. The summed E-state index contributed by atoms with van der Waals surface area (Å²) >= 11 is 0. The average Bonchev–Trinajstić information content (AvgIpc) is 2.93. The Balaban J connectivity index is 3.70. The topological polar surface area (TPSA) is 240 Å². The smallest absolute Gasteiger partial charge is 0.320 e. The van der Waals surface area contributed by atoms with Crippen LogP contribution in [0.3, 0.4) is 0 Å². The highest BCUT2D eigenvalue weighted by atomic mass is 16.4. The van der Waals surface area contributed by atoms with E-state index in [1.165, 1.54) is 32.1 Å². The minimum Gasteiger partial charge on any atom is -0.481 e. The Morgan fingerprint density at radius 2 is 0.951 bits per heavy atom. The third-order valence-corrected chi connectivity index (χ3v) is 6.79. The molecule has 0 rings (SSSR count). The van der Waals surface area contributed by atoms with Crippen LogP contribution in [0.1, 0.15) is 109 Å². The van der Waals surface area contributed by atoms with Gasteiger partial charge in [0, 0.05) is 32.5 Å². The van der Waals surface area contributed by atoms with E-state index in [0.717, 1.165) is 44.9 Å². The maximum absolute atomic E-state index is 12.2. The number of carbonyl (C=O) groups is 5. The molecule has 0 aliphatic carbocycles. The lowest BCUT2D eigenvalue weighted by atomic mass is 10.0. The highest BCUT2D eigenvalue weighted by Crippen LogP contribution is 2.13. The van der Waals surface area contributed by atoms with E-state index in [4.69, 9.17) is 27.4 Å². The van der Waals surface area contributed by atoms with Gasteiger partial charge in [0.25, 0.3) is 0 Å². The maximum atomic E-state index is 12.2. The largest absolute Gasteiger partial charge is 0.481 e. The monoisotopic (exact) mass is 586 g/mol. The molecule has 0 heterocycles. The van der Waals surface area contributed by atoms with Gasteiger partial charge in [0.2, 0.25) is 17.7 Å². The zero-order valence-electron chi connectivity index (χ0n) is 24.5. The van der Waals surface area contributed by atoms with Crippen molar-refractivity contribution in [2.24, 2.45) is 17.2 Å². The summed E-state index contributed by atoms with van der Waals surface area (Å²) in [7, 11) is 0. The summed E-state index contributed by atoms with van der Waals surface area (Å²) in [5.74, 6) is -2.90. The molecule has 0 saturated carbocycles. The predicted octanol–water partition coefficient (Wildman–Crippen LogP) is 1.12. The Kier molecular flexibility index (Phi) is 23.3. The second-order valence-electron chi connectivity index (χ2n) is 10.6. The number of unbranched alkanes of at least 4 members (excludes halogenated alkanes) is 12. The van der Waals surface area contributed by atoms with Crippen LogP contribution in [0.2, 0.25) is 0 Å². The fraction of sp³-hybridized carbons (Fsp3) is 0.821. The molecule has 0 radical (unpaired) electrons. The average molecular weight is 587 g/mol. The van der Waals surface area contributed by atoms with E-state index >= 15 is 0 Å². The van der Waals surface area contributed by atoms with Gasteiger partial charge in [-0.3, -0.25) is 24.0 Å². The van der Waals surface area contributed by atoms with Crippen molar-refractivity contribution >= 4 is 29.7 Å². The van der Waals surface area contributed by atoms with Crippen LogP contribution in [0.25, 0.3) is 0 Å². The van der Waals surface area contributed by atoms with Crippen molar-refractivity contribution in [1.82, 2.24) is 16.0 Å². The molecule has 0 aliphatic rings. The molecule has 0 saturated heterocycles. The van der Waals surface area contributed by atoms with Crippen LogP contribution in [-0.2, 0) is 24.0 Å². The molecule has 0 spiro atoms. The number of nitrogens with two attached hydrogens (primary N) is 3. The van der Waals surface area contributed by atoms with Gasteiger partial charge in [-0.2, -0.15) is 0 Å². The first kappa shape index (κ1) is 38.2. The molecular weight excluding hydrogens is 532 g/mol. The summed E-state index contributed by atoms with van der Waals surface area (Å²) in [6.45, 7) is 0.202. The first-order valence-corrected chi connectivity index (χ1v) is 15.1. The Morgan fingerprint density at radius 3 is 1.44 bits per heavy atom. The van der Waals surface area contributed by atoms with Crippen molar-refractivity contribution in [3.63, 3.8) is 0 Å². The van der Waals surface area contributed by atoms with Gasteiger partial charge >= 0.3 is 11.9 Å². The van der Waals surface area contributed by atoms with E-state index in [9.17, 15) is 24.0 Å². The maximum Gasteiger partial charge on any atom is 0.320 e. The van der Waals surface area contributed by atoms with Crippen molar-refractivity contribution in [2.75, 3.05) is 19.6 Å². The molecule has 3 atom stereocenters. The zero-order valence-corrected chi connectivity index (χ0v) is 24.5. The predicted molar refractivity (Wildman–Crippen MR) is 157 cm³/mol. The summed E-state index contributed by atoms with van der Waals surface area (Å²) in [6.07, 6.45) is 14.9. The molecule has 3 amide bonds. The van der Waals surface area contributed by atoms with E-state index in [1.54, 1.807) is 0 Å². The fourth-order valence-corrected chi connectivity index (χ4v) is 4.12. The Bertz CT molecular complexity index is 768. The lowest BCUT2D eigenvalue weighted by Crippen LogP contribution is -2.53. The third kappa shape index (κ3) is 23.6. The molecule has 0 aromatic carbocycles. The third-order valence-electron chi connectivity index (χ3n) is 6.79. The molecule has 11 N–H and O–H groups in total. The lowest BCUT2D eigenvalue weighted by Gasteiger charge is -2.16. The molecule has 0 aliphatic heterocycles. The molecule has 0 aromatic rings. The molecule has 0 fully saturated rings. The van der Waals surface area contributed by atoms with E-state index in [-0.39, 0.29) is 25.4 Å². The molecule has 238 valence electrons. The van der Waals surface area contributed by atoms with Gasteiger partial charge in [-0.25, -0.2) is 0 Å². The highest BCUT2D eigenvalue weighted by Gasteiger charge is 2.18. The van der Waals surface area contributed by atoms with Gasteiger partial charge in [-0.05, 0) is 32.1 Å². The number of rotatable bonds is 27. The van der Waals surface area contributed by atoms with Crippen molar-refractivity contribution in [1.29, 1.82) is 0 Å². The SMILES string of the molecule is NC(CCCCNC(=O)[C@@H](N)CNC(=O)C(N)CNC(=O)CCCCCCCCCCCCCCC(=O)O)C(=O)O. The number of nitrogens with one attached hydrogen (secondary N) is 3. The number of hydrogen-bond acceptors (Lipinski definition) is 8.